The largest absolute Gasteiger partial charge is 0.351 e. The van der Waals surface area contributed by atoms with Crippen molar-refractivity contribution in [1.29, 1.82) is 0 Å². The molecule has 0 saturated heterocycles. The molecule has 1 aliphatic rings. The third kappa shape index (κ3) is 4.25. The normalized spacial score (nSPS) is 16.4. The molecule has 1 aromatic heterocycles. The van der Waals surface area contributed by atoms with Gasteiger partial charge in [-0.05, 0) is 47.5 Å². The van der Waals surface area contributed by atoms with E-state index in [0.29, 0.717) is 11.8 Å². The Morgan fingerprint density at radius 2 is 1.95 bits per heavy atom. The summed E-state index contributed by atoms with van der Waals surface area (Å²) in [6, 6.07) is 0.569. The van der Waals surface area contributed by atoms with Crippen LogP contribution in [0, 0.1) is 13.8 Å². The van der Waals surface area contributed by atoms with E-state index < -0.39 is 0 Å². The molecule has 1 N–H and O–H groups in total. The fraction of sp³-hybridized carbons (Fsp3) is 0.750. The van der Waals surface area contributed by atoms with E-state index in [0.717, 1.165) is 10.9 Å². The summed E-state index contributed by atoms with van der Waals surface area (Å²) in [5.41, 5.74) is 2.16. The van der Waals surface area contributed by atoms with Gasteiger partial charge in [0.25, 0.3) is 0 Å². The molecule has 5 heteroatoms. The van der Waals surface area contributed by atoms with Gasteiger partial charge in [0.05, 0.1) is 11.4 Å². The molecule has 0 spiro atoms. The van der Waals surface area contributed by atoms with Gasteiger partial charge in [-0.2, -0.15) is 0 Å². The molecule has 0 atom stereocenters. The second-order valence-electron chi connectivity index (χ2n) is 6.96. The van der Waals surface area contributed by atoms with Crippen LogP contribution in [-0.4, -0.2) is 26.8 Å². The van der Waals surface area contributed by atoms with Gasteiger partial charge in [0.1, 0.15) is 0 Å². The molecule has 0 bridgehead atoms. The molecular formula is C16H27N3OS. The number of aromatic nitrogens is 2. The summed E-state index contributed by atoms with van der Waals surface area (Å²) in [5.74, 6) is 0.503. The number of hydrogen-bond donors (Lipinski definition) is 1. The van der Waals surface area contributed by atoms with Gasteiger partial charge in [0, 0.05) is 17.3 Å². The first-order chi connectivity index (χ1) is 9.78. The second kappa shape index (κ2) is 6.42. The minimum atomic E-state index is -0.176. The number of thioether (sulfide) groups is 1. The molecule has 1 fully saturated rings. The summed E-state index contributed by atoms with van der Waals surface area (Å²) >= 11 is 1.56. The molecule has 1 aromatic rings. The van der Waals surface area contributed by atoms with E-state index in [1.807, 2.05) is 20.8 Å². The minimum Gasteiger partial charge on any atom is -0.351 e. The number of rotatable bonds is 4. The lowest BCUT2D eigenvalue weighted by Crippen LogP contribution is -2.41. The lowest BCUT2D eigenvalue weighted by atomic mass is 10.1. The van der Waals surface area contributed by atoms with Crippen molar-refractivity contribution in [1.82, 2.24) is 14.9 Å². The SMILES string of the molecule is Cc1nc(SCC(=O)NC(C)(C)C)n(C2CCCC2)c1C. The standard InChI is InChI=1S/C16H27N3OS/c1-11-12(2)19(13-8-6-7-9-13)15(17-11)21-10-14(20)18-16(3,4)5/h13H,6-10H2,1-5H3,(H,18,20). The Hall–Kier alpha value is -0.970. The van der Waals surface area contributed by atoms with Gasteiger partial charge in [-0.1, -0.05) is 24.6 Å². The Morgan fingerprint density at radius 1 is 1.33 bits per heavy atom. The molecule has 2 rings (SSSR count). The van der Waals surface area contributed by atoms with Gasteiger partial charge < -0.3 is 9.88 Å². The van der Waals surface area contributed by atoms with Crippen LogP contribution in [0.5, 0.6) is 0 Å². The van der Waals surface area contributed by atoms with Crippen molar-refractivity contribution in [2.45, 2.75) is 77.0 Å². The van der Waals surface area contributed by atoms with E-state index in [9.17, 15) is 4.79 Å². The summed E-state index contributed by atoms with van der Waals surface area (Å²) < 4.78 is 2.36. The van der Waals surface area contributed by atoms with Crippen molar-refractivity contribution < 1.29 is 4.79 Å². The molecule has 118 valence electrons. The van der Waals surface area contributed by atoms with Crippen LogP contribution in [0.25, 0.3) is 0 Å². The highest BCUT2D eigenvalue weighted by Crippen LogP contribution is 2.35. The predicted molar refractivity (Wildman–Crippen MR) is 87.8 cm³/mol. The summed E-state index contributed by atoms with van der Waals surface area (Å²) in [5, 5.41) is 4.00. The minimum absolute atomic E-state index is 0.0729. The van der Waals surface area contributed by atoms with E-state index >= 15 is 0 Å². The number of nitrogens with one attached hydrogen (secondary N) is 1. The maximum atomic E-state index is 12.0. The number of carbonyl (C=O) groups excluding carboxylic acids is 1. The number of aryl methyl sites for hydroxylation is 1. The Kier molecular flexibility index (Phi) is 5.02. The van der Waals surface area contributed by atoms with E-state index in [1.54, 1.807) is 11.8 Å². The number of hydrogen-bond acceptors (Lipinski definition) is 3. The predicted octanol–water partition coefficient (Wildman–Crippen LogP) is 3.62. The van der Waals surface area contributed by atoms with Crippen LogP contribution in [0.15, 0.2) is 5.16 Å². The maximum Gasteiger partial charge on any atom is 0.230 e. The topological polar surface area (TPSA) is 46.9 Å². The van der Waals surface area contributed by atoms with Gasteiger partial charge in [-0.15, -0.1) is 0 Å². The van der Waals surface area contributed by atoms with Crippen LogP contribution in [0.1, 0.15) is 63.9 Å². The Labute approximate surface area is 132 Å². The number of imidazole rings is 1. The third-order valence-corrected chi connectivity index (χ3v) is 4.84. The molecular weight excluding hydrogens is 282 g/mol. The maximum absolute atomic E-state index is 12.0. The van der Waals surface area contributed by atoms with Crippen molar-refractivity contribution >= 4 is 17.7 Å². The van der Waals surface area contributed by atoms with E-state index in [-0.39, 0.29) is 11.4 Å². The van der Waals surface area contributed by atoms with Crippen molar-refractivity contribution in [3.05, 3.63) is 11.4 Å². The molecule has 1 heterocycles. The van der Waals surface area contributed by atoms with Crippen molar-refractivity contribution in [3.8, 4) is 0 Å². The Morgan fingerprint density at radius 3 is 2.52 bits per heavy atom. The lowest BCUT2D eigenvalue weighted by Gasteiger charge is -2.21. The first kappa shape index (κ1) is 16.4. The first-order valence-corrected chi connectivity index (χ1v) is 8.76. The summed E-state index contributed by atoms with van der Waals surface area (Å²) in [7, 11) is 0. The lowest BCUT2D eigenvalue weighted by molar-refractivity contribution is -0.119. The average Bonchev–Trinajstić information content (AvgIpc) is 2.94. The van der Waals surface area contributed by atoms with Crippen LogP contribution in [0.2, 0.25) is 0 Å². The van der Waals surface area contributed by atoms with Gasteiger partial charge in [0.15, 0.2) is 5.16 Å². The fourth-order valence-electron chi connectivity index (χ4n) is 2.87. The fourth-order valence-corrected chi connectivity index (χ4v) is 3.83. The molecule has 0 aromatic carbocycles. The molecule has 21 heavy (non-hydrogen) atoms. The second-order valence-corrected chi connectivity index (χ2v) is 7.90. The molecule has 1 amide bonds. The smallest absolute Gasteiger partial charge is 0.230 e. The molecule has 0 unspecified atom stereocenters. The Balaban J connectivity index is 2.06. The first-order valence-electron chi connectivity index (χ1n) is 7.77. The zero-order valence-corrected chi connectivity index (χ0v) is 14.6. The molecule has 1 saturated carbocycles. The quantitative estimate of drug-likeness (QED) is 0.864. The van der Waals surface area contributed by atoms with Crippen LogP contribution in [0.3, 0.4) is 0 Å². The van der Waals surface area contributed by atoms with Gasteiger partial charge in [-0.3, -0.25) is 4.79 Å². The van der Waals surface area contributed by atoms with Crippen LogP contribution < -0.4 is 5.32 Å². The average molecular weight is 309 g/mol. The highest BCUT2D eigenvalue weighted by molar-refractivity contribution is 7.99. The number of amides is 1. The van der Waals surface area contributed by atoms with Crippen molar-refractivity contribution in [2.24, 2.45) is 0 Å². The molecule has 0 aliphatic heterocycles. The van der Waals surface area contributed by atoms with E-state index in [1.165, 1.54) is 31.4 Å². The van der Waals surface area contributed by atoms with E-state index in [2.05, 4.69) is 28.7 Å². The van der Waals surface area contributed by atoms with Gasteiger partial charge >= 0.3 is 0 Å². The Bertz CT molecular complexity index is 510. The van der Waals surface area contributed by atoms with Crippen molar-refractivity contribution in [2.75, 3.05) is 5.75 Å². The number of nitrogens with zero attached hydrogens (tertiary/aromatic N) is 2. The van der Waals surface area contributed by atoms with Crippen LogP contribution in [0.4, 0.5) is 0 Å². The summed E-state index contributed by atoms with van der Waals surface area (Å²) in [6.07, 6.45) is 5.07. The van der Waals surface area contributed by atoms with Gasteiger partial charge in [-0.25, -0.2) is 4.98 Å². The van der Waals surface area contributed by atoms with Gasteiger partial charge in [0.2, 0.25) is 5.91 Å². The molecule has 4 nitrogen and oxygen atoms in total. The monoisotopic (exact) mass is 309 g/mol. The van der Waals surface area contributed by atoms with Crippen molar-refractivity contribution in [3.63, 3.8) is 0 Å². The van der Waals surface area contributed by atoms with E-state index in [4.69, 9.17) is 0 Å². The summed E-state index contributed by atoms with van der Waals surface area (Å²) in [4.78, 5) is 16.7. The highest BCUT2D eigenvalue weighted by Gasteiger charge is 2.24. The molecule has 0 radical (unpaired) electrons. The zero-order valence-electron chi connectivity index (χ0n) is 13.8. The molecule has 1 aliphatic carbocycles. The zero-order chi connectivity index (χ0) is 15.6. The van der Waals surface area contributed by atoms with Crippen LogP contribution >= 0.6 is 11.8 Å². The third-order valence-electron chi connectivity index (χ3n) is 3.89. The number of carbonyl (C=O) groups is 1. The summed E-state index contributed by atoms with van der Waals surface area (Å²) in [6.45, 7) is 10.2. The van der Waals surface area contributed by atoms with Crippen LogP contribution in [-0.2, 0) is 4.79 Å². The highest BCUT2D eigenvalue weighted by atomic mass is 32.2.